The first-order chi connectivity index (χ1) is 13.0. The molecule has 2 saturated heterocycles. The van der Waals surface area contributed by atoms with Crippen LogP contribution in [-0.2, 0) is 18.4 Å². The highest BCUT2D eigenvalue weighted by molar-refractivity contribution is 5.91. The van der Waals surface area contributed by atoms with E-state index < -0.39 is 0 Å². The molecule has 3 heterocycles. The van der Waals surface area contributed by atoms with Crippen LogP contribution in [0.5, 0.6) is 0 Å². The average molecular weight is 367 g/mol. The van der Waals surface area contributed by atoms with Gasteiger partial charge in [0.2, 0.25) is 11.7 Å². The zero-order chi connectivity index (χ0) is 19.0. The Kier molecular flexibility index (Phi) is 4.45. The third-order valence-corrected chi connectivity index (χ3v) is 5.86. The third-order valence-electron chi connectivity index (χ3n) is 5.86. The van der Waals surface area contributed by atoms with Crippen LogP contribution in [0, 0.1) is 12.3 Å². The summed E-state index contributed by atoms with van der Waals surface area (Å²) in [5.74, 6) is 0.326. The SMILES string of the molecule is Cc1cccc(CN2CCC3(CCN(C(=O)c4ncn(C)n4)CC3)C2=O)c1. The summed E-state index contributed by atoms with van der Waals surface area (Å²) >= 11 is 0. The van der Waals surface area contributed by atoms with Gasteiger partial charge in [-0.1, -0.05) is 29.8 Å². The minimum Gasteiger partial charge on any atom is -0.338 e. The molecule has 0 radical (unpaired) electrons. The first kappa shape index (κ1) is 17.7. The Labute approximate surface area is 159 Å². The summed E-state index contributed by atoms with van der Waals surface area (Å²) in [5, 5.41) is 4.09. The highest BCUT2D eigenvalue weighted by Crippen LogP contribution is 2.42. The van der Waals surface area contributed by atoms with Crippen LogP contribution < -0.4 is 0 Å². The van der Waals surface area contributed by atoms with E-state index in [4.69, 9.17) is 0 Å². The van der Waals surface area contributed by atoms with Crippen molar-refractivity contribution in [2.45, 2.75) is 32.7 Å². The van der Waals surface area contributed by atoms with Crippen molar-refractivity contribution in [1.82, 2.24) is 24.6 Å². The van der Waals surface area contributed by atoms with E-state index in [0.717, 1.165) is 13.0 Å². The minimum atomic E-state index is -0.307. The molecule has 1 aromatic heterocycles. The van der Waals surface area contributed by atoms with E-state index in [1.165, 1.54) is 22.1 Å². The minimum absolute atomic E-state index is 0.146. The molecule has 27 heavy (non-hydrogen) atoms. The normalized spacial score (nSPS) is 19.1. The van der Waals surface area contributed by atoms with Crippen molar-refractivity contribution in [2.75, 3.05) is 19.6 Å². The molecule has 1 aromatic carbocycles. The zero-order valence-electron chi connectivity index (χ0n) is 15.9. The maximum absolute atomic E-state index is 13.1. The third kappa shape index (κ3) is 3.34. The van der Waals surface area contributed by atoms with Gasteiger partial charge in [-0.2, -0.15) is 0 Å². The molecule has 0 unspecified atom stereocenters. The molecule has 2 aliphatic heterocycles. The number of piperidine rings is 1. The van der Waals surface area contributed by atoms with E-state index in [0.29, 0.717) is 32.5 Å². The largest absolute Gasteiger partial charge is 0.338 e. The molecule has 2 amide bonds. The quantitative estimate of drug-likeness (QED) is 0.829. The molecule has 0 saturated carbocycles. The number of carbonyl (C=O) groups is 2. The molecule has 4 rings (SSSR count). The summed E-state index contributed by atoms with van der Waals surface area (Å²) in [7, 11) is 1.75. The second-order valence-corrected chi connectivity index (χ2v) is 7.78. The molecule has 0 aliphatic carbocycles. The second kappa shape index (κ2) is 6.79. The highest BCUT2D eigenvalue weighted by atomic mass is 16.2. The number of likely N-dealkylation sites (tertiary alicyclic amines) is 2. The van der Waals surface area contributed by atoms with Gasteiger partial charge in [-0.25, -0.2) is 4.98 Å². The lowest BCUT2D eigenvalue weighted by Crippen LogP contribution is -2.46. The summed E-state index contributed by atoms with van der Waals surface area (Å²) < 4.78 is 1.53. The van der Waals surface area contributed by atoms with E-state index in [-0.39, 0.29) is 23.1 Å². The van der Waals surface area contributed by atoms with Gasteiger partial charge in [-0.05, 0) is 31.7 Å². The Balaban J connectivity index is 1.39. The Morgan fingerprint density at radius 3 is 2.59 bits per heavy atom. The number of nitrogens with zero attached hydrogens (tertiary/aromatic N) is 5. The number of carbonyl (C=O) groups excluding carboxylic acids is 2. The van der Waals surface area contributed by atoms with E-state index in [1.54, 1.807) is 11.9 Å². The van der Waals surface area contributed by atoms with E-state index in [9.17, 15) is 9.59 Å². The molecule has 2 fully saturated rings. The predicted molar refractivity (Wildman–Crippen MR) is 99.8 cm³/mol. The van der Waals surface area contributed by atoms with Gasteiger partial charge in [0.25, 0.3) is 5.91 Å². The fraction of sp³-hybridized carbons (Fsp3) is 0.500. The number of amides is 2. The average Bonchev–Trinajstić information content (AvgIpc) is 3.22. The molecule has 7 heteroatoms. The van der Waals surface area contributed by atoms with Gasteiger partial charge in [0.1, 0.15) is 6.33 Å². The number of hydrogen-bond donors (Lipinski definition) is 0. The maximum Gasteiger partial charge on any atom is 0.293 e. The molecular weight excluding hydrogens is 342 g/mol. The van der Waals surface area contributed by atoms with Crippen LogP contribution in [0.15, 0.2) is 30.6 Å². The molecule has 7 nitrogen and oxygen atoms in total. The summed E-state index contributed by atoms with van der Waals surface area (Å²) in [5.41, 5.74) is 2.08. The van der Waals surface area contributed by atoms with Crippen LogP contribution >= 0.6 is 0 Å². The van der Waals surface area contributed by atoms with Gasteiger partial charge in [0.05, 0.1) is 5.41 Å². The van der Waals surface area contributed by atoms with Crippen molar-refractivity contribution in [3.05, 3.63) is 47.5 Å². The van der Waals surface area contributed by atoms with Crippen molar-refractivity contribution < 1.29 is 9.59 Å². The Morgan fingerprint density at radius 2 is 1.93 bits per heavy atom. The van der Waals surface area contributed by atoms with Gasteiger partial charge in [-0.3, -0.25) is 14.3 Å². The summed E-state index contributed by atoms with van der Waals surface area (Å²) in [4.78, 5) is 33.4. The van der Waals surface area contributed by atoms with Crippen LogP contribution in [0.1, 0.15) is 41.0 Å². The van der Waals surface area contributed by atoms with Crippen LogP contribution in [0.4, 0.5) is 0 Å². The highest BCUT2D eigenvalue weighted by Gasteiger charge is 2.48. The van der Waals surface area contributed by atoms with E-state index >= 15 is 0 Å². The molecule has 1 spiro atoms. The van der Waals surface area contributed by atoms with Gasteiger partial charge in [0.15, 0.2) is 0 Å². The molecule has 0 N–H and O–H groups in total. The van der Waals surface area contributed by atoms with Crippen LogP contribution in [0.2, 0.25) is 0 Å². The molecule has 2 aromatic rings. The smallest absolute Gasteiger partial charge is 0.293 e. The van der Waals surface area contributed by atoms with Crippen LogP contribution in [0.25, 0.3) is 0 Å². The Bertz CT molecular complexity index is 867. The van der Waals surface area contributed by atoms with E-state index in [2.05, 4.69) is 35.2 Å². The first-order valence-corrected chi connectivity index (χ1v) is 9.47. The fourth-order valence-corrected chi connectivity index (χ4v) is 4.26. The lowest BCUT2D eigenvalue weighted by Gasteiger charge is -2.37. The van der Waals surface area contributed by atoms with Crippen molar-refractivity contribution in [1.29, 1.82) is 0 Å². The van der Waals surface area contributed by atoms with Crippen LogP contribution in [0.3, 0.4) is 0 Å². The van der Waals surface area contributed by atoms with E-state index in [1.807, 2.05) is 11.0 Å². The molecule has 2 aliphatic rings. The van der Waals surface area contributed by atoms with Crippen molar-refractivity contribution in [2.24, 2.45) is 12.5 Å². The summed E-state index contributed by atoms with van der Waals surface area (Å²) in [6.45, 7) is 4.70. The second-order valence-electron chi connectivity index (χ2n) is 7.78. The summed E-state index contributed by atoms with van der Waals surface area (Å²) in [6.07, 6.45) is 3.84. The number of aryl methyl sites for hydroxylation is 2. The van der Waals surface area contributed by atoms with Crippen LogP contribution in [-0.4, -0.2) is 56.0 Å². The lowest BCUT2D eigenvalue weighted by atomic mass is 9.77. The molecular formula is C20H25N5O2. The molecule has 142 valence electrons. The molecule has 0 atom stereocenters. The predicted octanol–water partition coefficient (Wildman–Crippen LogP) is 1.78. The Hall–Kier alpha value is -2.70. The van der Waals surface area contributed by atoms with Gasteiger partial charge in [-0.15, -0.1) is 5.10 Å². The topological polar surface area (TPSA) is 71.3 Å². The van der Waals surface area contributed by atoms with Crippen molar-refractivity contribution >= 4 is 11.8 Å². The standard InChI is InChI=1S/C20H25N5O2/c1-15-4-3-5-16(12-15)13-25-11-8-20(19(25)27)6-9-24(10-7-20)18(26)17-21-14-23(2)22-17/h3-5,12,14H,6-11,13H2,1-2H3. The zero-order valence-corrected chi connectivity index (χ0v) is 15.9. The Morgan fingerprint density at radius 1 is 1.19 bits per heavy atom. The first-order valence-electron chi connectivity index (χ1n) is 9.47. The number of aromatic nitrogens is 3. The van der Waals surface area contributed by atoms with Crippen molar-refractivity contribution in [3.8, 4) is 0 Å². The summed E-state index contributed by atoms with van der Waals surface area (Å²) in [6, 6.07) is 8.32. The monoisotopic (exact) mass is 367 g/mol. The molecule has 0 bridgehead atoms. The van der Waals surface area contributed by atoms with Gasteiger partial charge in [0, 0.05) is 33.2 Å². The van der Waals surface area contributed by atoms with Gasteiger partial charge >= 0.3 is 0 Å². The number of rotatable bonds is 3. The van der Waals surface area contributed by atoms with Gasteiger partial charge < -0.3 is 9.80 Å². The maximum atomic E-state index is 13.1. The lowest BCUT2D eigenvalue weighted by molar-refractivity contribution is -0.138. The number of hydrogen-bond acceptors (Lipinski definition) is 4. The number of benzene rings is 1. The van der Waals surface area contributed by atoms with Crippen molar-refractivity contribution in [3.63, 3.8) is 0 Å². The fourth-order valence-electron chi connectivity index (χ4n) is 4.26.